The number of terminal acetylenes is 1. The average molecular weight is 270 g/mol. The lowest BCUT2D eigenvalue weighted by Gasteiger charge is -2.05. The molecule has 0 atom stereocenters. The van der Waals surface area contributed by atoms with Gasteiger partial charge in [-0.25, -0.2) is 4.39 Å². The minimum absolute atomic E-state index is 0.186. The Morgan fingerprint density at radius 1 is 1.47 bits per heavy atom. The third-order valence-electron chi connectivity index (χ3n) is 2.01. The summed E-state index contributed by atoms with van der Waals surface area (Å²) in [5, 5.41) is 3.15. The summed E-state index contributed by atoms with van der Waals surface area (Å²) >= 11 is 3.22. The number of hydrogen-bond acceptors (Lipinski definition) is 1. The maximum atomic E-state index is 13.3. The van der Waals surface area contributed by atoms with E-state index in [4.69, 9.17) is 6.42 Å². The number of nitrogens with one attached hydrogen (secondary N) is 1. The van der Waals surface area contributed by atoms with Gasteiger partial charge in [0, 0.05) is 23.0 Å². The van der Waals surface area contributed by atoms with Crippen molar-refractivity contribution in [3.63, 3.8) is 0 Å². The molecule has 0 bridgehead atoms. The molecule has 3 heteroatoms. The molecule has 0 aliphatic rings. The van der Waals surface area contributed by atoms with Crippen molar-refractivity contribution < 1.29 is 4.39 Å². The molecule has 0 aliphatic carbocycles. The van der Waals surface area contributed by atoms with E-state index < -0.39 is 0 Å². The molecule has 0 aromatic heterocycles. The highest BCUT2D eigenvalue weighted by Gasteiger charge is 2.01. The highest BCUT2D eigenvalue weighted by molar-refractivity contribution is 9.10. The fourth-order valence-corrected chi connectivity index (χ4v) is 1.54. The van der Waals surface area contributed by atoms with Gasteiger partial charge in [0.1, 0.15) is 5.82 Å². The van der Waals surface area contributed by atoms with Gasteiger partial charge in [-0.1, -0.05) is 22.0 Å². The molecular formula is C12H13BrFN. The highest BCUT2D eigenvalue weighted by atomic mass is 79.9. The molecule has 0 saturated carbocycles. The van der Waals surface area contributed by atoms with Crippen molar-refractivity contribution in [3.8, 4) is 12.3 Å². The third-order valence-corrected chi connectivity index (χ3v) is 2.50. The van der Waals surface area contributed by atoms with Gasteiger partial charge in [-0.05, 0) is 25.1 Å². The molecule has 1 N–H and O–H groups in total. The summed E-state index contributed by atoms with van der Waals surface area (Å²) in [6, 6.07) is 5.08. The first-order valence-electron chi connectivity index (χ1n) is 4.82. The van der Waals surface area contributed by atoms with Gasteiger partial charge in [-0.2, -0.15) is 0 Å². The zero-order valence-corrected chi connectivity index (χ0v) is 9.98. The zero-order valence-electron chi connectivity index (χ0n) is 8.39. The number of hydrogen-bond donors (Lipinski definition) is 1. The summed E-state index contributed by atoms with van der Waals surface area (Å²) in [5.41, 5.74) is 0.680. The Morgan fingerprint density at radius 3 is 2.93 bits per heavy atom. The maximum absolute atomic E-state index is 13.3. The molecule has 0 saturated heterocycles. The van der Waals surface area contributed by atoms with Crippen LogP contribution in [-0.2, 0) is 6.54 Å². The number of rotatable bonds is 5. The van der Waals surface area contributed by atoms with E-state index in [2.05, 4.69) is 27.2 Å². The molecule has 80 valence electrons. The molecule has 1 rings (SSSR count). The smallest absolute Gasteiger partial charge is 0.128 e. The second-order valence-electron chi connectivity index (χ2n) is 3.22. The molecule has 15 heavy (non-hydrogen) atoms. The predicted molar refractivity (Wildman–Crippen MR) is 63.9 cm³/mol. The van der Waals surface area contributed by atoms with Crippen LogP contribution in [0, 0.1) is 18.2 Å². The van der Waals surface area contributed by atoms with Crippen LogP contribution in [-0.4, -0.2) is 6.54 Å². The first-order chi connectivity index (χ1) is 7.24. The fourth-order valence-electron chi connectivity index (χ4n) is 1.20. The summed E-state index contributed by atoms with van der Waals surface area (Å²) in [4.78, 5) is 0. The molecule has 1 aromatic rings. The van der Waals surface area contributed by atoms with Crippen molar-refractivity contribution in [3.05, 3.63) is 34.1 Å². The Labute approximate surface area is 98.2 Å². The van der Waals surface area contributed by atoms with Crippen molar-refractivity contribution in [1.82, 2.24) is 5.32 Å². The second kappa shape index (κ2) is 6.60. The Balaban J connectivity index is 2.35. The zero-order chi connectivity index (χ0) is 11.1. The minimum Gasteiger partial charge on any atom is -0.313 e. The van der Waals surface area contributed by atoms with Crippen LogP contribution >= 0.6 is 15.9 Å². The van der Waals surface area contributed by atoms with E-state index in [0.29, 0.717) is 12.1 Å². The quantitative estimate of drug-likeness (QED) is 0.640. The lowest BCUT2D eigenvalue weighted by atomic mass is 10.2. The highest BCUT2D eigenvalue weighted by Crippen LogP contribution is 2.14. The molecule has 1 aromatic carbocycles. The minimum atomic E-state index is -0.186. The van der Waals surface area contributed by atoms with Crippen LogP contribution in [0.3, 0.4) is 0 Å². The van der Waals surface area contributed by atoms with Gasteiger partial charge in [0.2, 0.25) is 0 Å². The second-order valence-corrected chi connectivity index (χ2v) is 4.14. The van der Waals surface area contributed by atoms with E-state index in [1.165, 1.54) is 6.07 Å². The SMILES string of the molecule is C#CCCCNCc1ccc(Br)cc1F. The van der Waals surface area contributed by atoms with E-state index >= 15 is 0 Å². The van der Waals surface area contributed by atoms with E-state index in [1.807, 2.05) is 6.07 Å². The number of benzene rings is 1. The van der Waals surface area contributed by atoms with Crippen molar-refractivity contribution in [1.29, 1.82) is 0 Å². The molecule has 0 spiro atoms. The van der Waals surface area contributed by atoms with Gasteiger partial charge in [0.05, 0.1) is 0 Å². The molecule has 0 heterocycles. The maximum Gasteiger partial charge on any atom is 0.128 e. The normalized spacial score (nSPS) is 9.93. The van der Waals surface area contributed by atoms with E-state index in [1.54, 1.807) is 6.07 Å². The summed E-state index contributed by atoms with van der Waals surface area (Å²) in [6.07, 6.45) is 6.80. The van der Waals surface area contributed by atoms with Crippen LogP contribution in [0.4, 0.5) is 4.39 Å². The lowest BCUT2D eigenvalue weighted by Crippen LogP contribution is -2.15. The fraction of sp³-hybridized carbons (Fsp3) is 0.333. The van der Waals surface area contributed by atoms with Crippen molar-refractivity contribution in [2.75, 3.05) is 6.54 Å². The van der Waals surface area contributed by atoms with Gasteiger partial charge < -0.3 is 5.32 Å². The molecule has 0 radical (unpaired) electrons. The van der Waals surface area contributed by atoms with Gasteiger partial charge >= 0.3 is 0 Å². The van der Waals surface area contributed by atoms with Gasteiger partial charge in [-0.15, -0.1) is 12.3 Å². The molecule has 0 amide bonds. The van der Waals surface area contributed by atoms with Crippen molar-refractivity contribution in [2.45, 2.75) is 19.4 Å². The Bertz CT molecular complexity index is 357. The summed E-state index contributed by atoms with van der Waals surface area (Å²) in [5.74, 6) is 2.38. The first kappa shape index (κ1) is 12.2. The van der Waals surface area contributed by atoms with Gasteiger partial charge in [-0.3, -0.25) is 0 Å². The third kappa shape index (κ3) is 4.46. The van der Waals surface area contributed by atoms with Crippen LogP contribution in [0.15, 0.2) is 22.7 Å². The van der Waals surface area contributed by atoms with Crippen LogP contribution in [0.1, 0.15) is 18.4 Å². The summed E-state index contributed by atoms with van der Waals surface area (Å²) in [7, 11) is 0. The van der Waals surface area contributed by atoms with E-state index in [9.17, 15) is 4.39 Å². The molecule has 1 nitrogen and oxygen atoms in total. The van der Waals surface area contributed by atoms with Gasteiger partial charge in [0.15, 0.2) is 0 Å². The lowest BCUT2D eigenvalue weighted by molar-refractivity contribution is 0.583. The number of unbranched alkanes of at least 4 members (excludes halogenated alkanes) is 1. The van der Waals surface area contributed by atoms with Crippen molar-refractivity contribution >= 4 is 15.9 Å². The molecule has 0 fully saturated rings. The Hall–Kier alpha value is -0.850. The Morgan fingerprint density at radius 2 is 2.27 bits per heavy atom. The first-order valence-corrected chi connectivity index (χ1v) is 5.61. The largest absolute Gasteiger partial charge is 0.313 e. The van der Waals surface area contributed by atoms with E-state index in [-0.39, 0.29) is 5.82 Å². The van der Waals surface area contributed by atoms with E-state index in [0.717, 1.165) is 23.9 Å². The molecular weight excluding hydrogens is 257 g/mol. The summed E-state index contributed by atoms with van der Waals surface area (Å²) < 4.78 is 14.1. The molecule has 0 aliphatic heterocycles. The average Bonchev–Trinajstić information content (AvgIpc) is 2.20. The van der Waals surface area contributed by atoms with Crippen LogP contribution < -0.4 is 5.32 Å². The summed E-state index contributed by atoms with van der Waals surface area (Å²) in [6.45, 7) is 1.36. The van der Waals surface area contributed by atoms with Crippen molar-refractivity contribution in [2.24, 2.45) is 0 Å². The Kier molecular flexibility index (Phi) is 5.38. The van der Waals surface area contributed by atoms with Crippen LogP contribution in [0.25, 0.3) is 0 Å². The standard InChI is InChI=1S/C12H13BrFN/c1-2-3-4-7-15-9-10-5-6-11(13)8-12(10)14/h1,5-6,8,15H,3-4,7,9H2. The van der Waals surface area contributed by atoms with Crippen LogP contribution in [0.2, 0.25) is 0 Å². The monoisotopic (exact) mass is 269 g/mol. The predicted octanol–water partition coefficient (Wildman–Crippen LogP) is 3.09. The topological polar surface area (TPSA) is 12.0 Å². The molecule has 0 unspecified atom stereocenters. The van der Waals surface area contributed by atoms with Gasteiger partial charge in [0.25, 0.3) is 0 Å². The van der Waals surface area contributed by atoms with Crippen LogP contribution in [0.5, 0.6) is 0 Å². The number of halogens is 2.